The summed E-state index contributed by atoms with van der Waals surface area (Å²) in [7, 11) is 2.13. The van der Waals surface area contributed by atoms with Crippen LogP contribution in [0.2, 0.25) is 0 Å². The van der Waals surface area contributed by atoms with Crippen molar-refractivity contribution in [2.75, 3.05) is 4.90 Å². The zero-order valence-electron chi connectivity index (χ0n) is 19.1. The molecule has 0 amide bonds. The number of anilines is 3. The van der Waals surface area contributed by atoms with E-state index in [1.165, 1.54) is 43.8 Å². The summed E-state index contributed by atoms with van der Waals surface area (Å²) in [5, 5.41) is 5.04. The van der Waals surface area contributed by atoms with Crippen molar-refractivity contribution in [3.63, 3.8) is 0 Å². The molecule has 34 heavy (non-hydrogen) atoms. The minimum Gasteiger partial charge on any atom is -0.310 e. The van der Waals surface area contributed by atoms with E-state index in [2.05, 4.69) is 146 Å². The number of benzene rings is 6. The van der Waals surface area contributed by atoms with Gasteiger partial charge in [-0.25, -0.2) is 0 Å². The van der Waals surface area contributed by atoms with Crippen LogP contribution in [0.25, 0.3) is 32.7 Å². The zero-order valence-corrected chi connectivity index (χ0v) is 19.1. The molecule has 0 N–H and O–H groups in total. The average molecular weight is 433 g/mol. The normalized spacial score (nSPS) is 11.1. The number of nitrogens with zero attached hydrogens (tertiary/aromatic N) is 1. The third-order valence-electron chi connectivity index (χ3n) is 6.51. The lowest BCUT2D eigenvalue weighted by Crippen LogP contribution is -2.12. The Hall–Kier alpha value is -4.30. The molecule has 0 radical (unpaired) electrons. The lowest BCUT2D eigenvalue weighted by molar-refractivity contribution is 1.30. The van der Waals surface area contributed by atoms with Crippen LogP contribution in [0.4, 0.5) is 17.1 Å². The summed E-state index contributed by atoms with van der Waals surface area (Å²) in [6.45, 7) is 0. The Kier molecular flexibility index (Phi) is 5.12. The van der Waals surface area contributed by atoms with Crippen LogP contribution in [0.3, 0.4) is 0 Å². The maximum atomic E-state index is 2.38. The Bertz CT molecular complexity index is 1590. The quantitative estimate of drug-likeness (QED) is 0.207. The molecule has 6 aromatic rings. The first kappa shape index (κ1) is 20.3. The molecule has 0 saturated heterocycles. The van der Waals surface area contributed by atoms with Gasteiger partial charge in [0.25, 0.3) is 0 Å². The van der Waals surface area contributed by atoms with Crippen LogP contribution in [0.15, 0.2) is 133 Å². The number of hydrogen-bond donors (Lipinski definition) is 0. The van der Waals surface area contributed by atoms with Crippen molar-refractivity contribution in [1.29, 1.82) is 0 Å². The van der Waals surface area contributed by atoms with Gasteiger partial charge in [0.1, 0.15) is 7.85 Å². The molecule has 6 rings (SSSR count). The van der Waals surface area contributed by atoms with Crippen LogP contribution in [-0.4, -0.2) is 7.85 Å². The minimum absolute atomic E-state index is 1.14. The molecule has 0 aliphatic heterocycles. The van der Waals surface area contributed by atoms with Crippen molar-refractivity contribution in [3.05, 3.63) is 133 Å². The topological polar surface area (TPSA) is 3.24 Å². The fraction of sp³-hybridized carbons (Fsp3) is 0. The fourth-order valence-corrected chi connectivity index (χ4v) is 4.77. The Morgan fingerprint density at radius 2 is 0.971 bits per heavy atom. The highest BCUT2D eigenvalue weighted by molar-refractivity contribution is 6.32. The van der Waals surface area contributed by atoms with E-state index in [0.29, 0.717) is 0 Å². The van der Waals surface area contributed by atoms with Gasteiger partial charge in [0, 0.05) is 16.8 Å². The Morgan fingerprint density at radius 3 is 1.68 bits per heavy atom. The van der Waals surface area contributed by atoms with Gasteiger partial charge in [0.05, 0.1) is 5.69 Å². The van der Waals surface area contributed by atoms with Crippen molar-refractivity contribution in [2.45, 2.75) is 0 Å². The van der Waals surface area contributed by atoms with E-state index < -0.39 is 0 Å². The van der Waals surface area contributed by atoms with E-state index in [0.717, 1.165) is 11.4 Å². The lowest BCUT2D eigenvalue weighted by Gasteiger charge is -2.28. The van der Waals surface area contributed by atoms with Gasteiger partial charge in [-0.2, -0.15) is 0 Å². The van der Waals surface area contributed by atoms with Gasteiger partial charge < -0.3 is 4.90 Å². The summed E-state index contributed by atoms with van der Waals surface area (Å²) in [5.74, 6) is 0. The van der Waals surface area contributed by atoms with E-state index in [9.17, 15) is 0 Å². The third-order valence-corrected chi connectivity index (χ3v) is 6.51. The van der Waals surface area contributed by atoms with Crippen LogP contribution < -0.4 is 10.4 Å². The fourth-order valence-electron chi connectivity index (χ4n) is 4.77. The van der Waals surface area contributed by atoms with Crippen LogP contribution in [0, 0.1) is 0 Å². The Morgan fingerprint density at radius 1 is 0.441 bits per heavy atom. The number of fused-ring (bicyclic) bond motifs is 3. The predicted molar refractivity (Wildman–Crippen MR) is 150 cm³/mol. The van der Waals surface area contributed by atoms with E-state index in [-0.39, 0.29) is 0 Å². The van der Waals surface area contributed by atoms with Crippen LogP contribution >= 0.6 is 0 Å². The second kappa shape index (κ2) is 8.57. The van der Waals surface area contributed by atoms with E-state index in [1.54, 1.807) is 0 Å². The molecule has 0 spiro atoms. The van der Waals surface area contributed by atoms with Crippen LogP contribution in [0.5, 0.6) is 0 Å². The number of hydrogen-bond acceptors (Lipinski definition) is 1. The monoisotopic (exact) mass is 433 g/mol. The molecule has 0 fully saturated rings. The minimum atomic E-state index is 1.14. The molecule has 160 valence electrons. The standard InChI is InChI=1S/C32H24BN/c33-26-16-20-28(21-17-26)34(27-18-14-24(15-19-27)23-8-2-1-3-9-23)32-22-25-10-4-5-11-29(25)30-12-6-7-13-31(30)32/h1-22H,33H2. The zero-order chi connectivity index (χ0) is 22.9. The van der Waals surface area contributed by atoms with Gasteiger partial charge in [-0.05, 0) is 57.6 Å². The molecule has 0 atom stereocenters. The summed E-state index contributed by atoms with van der Waals surface area (Å²) in [6.07, 6.45) is 0. The summed E-state index contributed by atoms with van der Waals surface area (Å²) in [6, 6.07) is 47.9. The summed E-state index contributed by atoms with van der Waals surface area (Å²) >= 11 is 0. The second-order valence-corrected chi connectivity index (χ2v) is 8.75. The SMILES string of the molecule is Bc1ccc(N(c2ccc(-c3ccccc3)cc2)c2cc3ccccc3c3ccccc23)cc1. The molecular formula is C32H24BN. The van der Waals surface area contributed by atoms with E-state index in [1.807, 2.05) is 0 Å². The molecule has 0 unspecified atom stereocenters. The largest absolute Gasteiger partial charge is 0.310 e. The Labute approximate surface area is 201 Å². The maximum Gasteiger partial charge on any atom is 0.139 e. The molecule has 0 aliphatic carbocycles. The van der Waals surface area contributed by atoms with Gasteiger partial charge in [0.2, 0.25) is 0 Å². The highest BCUT2D eigenvalue weighted by atomic mass is 15.1. The summed E-state index contributed by atoms with van der Waals surface area (Å²) < 4.78 is 0. The van der Waals surface area contributed by atoms with Crippen LogP contribution in [-0.2, 0) is 0 Å². The van der Waals surface area contributed by atoms with Gasteiger partial charge in [-0.15, -0.1) is 0 Å². The smallest absolute Gasteiger partial charge is 0.139 e. The molecular weight excluding hydrogens is 409 g/mol. The van der Waals surface area contributed by atoms with Gasteiger partial charge in [-0.3, -0.25) is 0 Å². The molecule has 0 heterocycles. The predicted octanol–water partition coefficient (Wildman–Crippen LogP) is 7.39. The Balaban J connectivity index is 1.58. The molecule has 0 saturated carbocycles. The highest BCUT2D eigenvalue weighted by Crippen LogP contribution is 2.42. The molecule has 0 bridgehead atoms. The van der Waals surface area contributed by atoms with Gasteiger partial charge >= 0.3 is 0 Å². The lowest BCUT2D eigenvalue weighted by atomic mass is 9.95. The molecule has 1 nitrogen and oxygen atoms in total. The molecule has 0 aliphatic rings. The average Bonchev–Trinajstić information content (AvgIpc) is 2.91. The third kappa shape index (κ3) is 3.64. The highest BCUT2D eigenvalue weighted by Gasteiger charge is 2.17. The first-order chi connectivity index (χ1) is 16.8. The molecule has 0 aromatic heterocycles. The van der Waals surface area contributed by atoms with E-state index in [4.69, 9.17) is 0 Å². The van der Waals surface area contributed by atoms with Crippen molar-refractivity contribution in [3.8, 4) is 11.1 Å². The van der Waals surface area contributed by atoms with Crippen molar-refractivity contribution >= 4 is 51.9 Å². The second-order valence-electron chi connectivity index (χ2n) is 8.75. The summed E-state index contributed by atoms with van der Waals surface area (Å²) in [5.41, 5.74) is 7.18. The van der Waals surface area contributed by atoms with Crippen molar-refractivity contribution in [1.82, 2.24) is 0 Å². The first-order valence-corrected chi connectivity index (χ1v) is 11.7. The maximum absolute atomic E-state index is 2.38. The van der Waals surface area contributed by atoms with Gasteiger partial charge in [0.15, 0.2) is 0 Å². The van der Waals surface area contributed by atoms with E-state index >= 15 is 0 Å². The van der Waals surface area contributed by atoms with Crippen LogP contribution in [0.1, 0.15) is 0 Å². The summed E-state index contributed by atoms with van der Waals surface area (Å²) in [4.78, 5) is 2.38. The van der Waals surface area contributed by atoms with Crippen molar-refractivity contribution in [2.24, 2.45) is 0 Å². The molecule has 6 aromatic carbocycles. The van der Waals surface area contributed by atoms with Gasteiger partial charge in [-0.1, -0.05) is 109 Å². The number of rotatable bonds is 4. The first-order valence-electron chi connectivity index (χ1n) is 11.7. The van der Waals surface area contributed by atoms with Crippen molar-refractivity contribution < 1.29 is 0 Å². The molecule has 2 heteroatoms.